The molecule has 2 nitrogen and oxygen atoms in total. The lowest BCUT2D eigenvalue weighted by atomic mass is 10.2. The largest absolute Gasteiger partial charge is 0.396 e. The van der Waals surface area contributed by atoms with E-state index in [1.807, 2.05) is 18.2 Å². The average Bonchev–Trinajstić information content (AvgIpc) is 2.28. The van der Waals surface area contributed by atoms with Crippen molar-refractivity contribution in [1.82, 2.24) is 0 Å². The van der Waals surface area contributed by atoms with Crippen molar-refractivity contribution in [3.05, 3.63) is 35.9 Å². The summed E-state index contributed by atoms with van der Waals surface area (Å²) < 4.78 is 5.69. The Morgan fingerprint density at radius 1 is 1.20 bits per heavy atom. The Morgan fingerprint density at radius 2 is 1.93 bits per heavy atom. The van der Waals surface area contributed by atoms with E-state index in [2.05, 4.69) is 19.1 Å². The first-order chi connectivity index (χ1) is 7.33. The van der Waals surface area contributed by atoms with Crippen LogP contribution in [0, 0.1) is 0 Å². The molecule has 1 aromatic rings. The molecular weight excluding hydrogens is 188 g/mol. The molecule has 2 heteroatoms. The van der Waals surface area contributed by atoms with Crippen molar-refractivity contribution in [2.45, 2.75) is 38.9 Å². The molecule has 0 heterocycles. The van der Waals surface area contributed by atoms with Crippen molar-refractivity contribution in [3.8, 4) is 0 Å². The van der Waals surface area contributed by atoms with Gasteiger partial charge < -0.3 is 9.84 Å². The lowest BCUT2D eigenvalue weighted by Crippen LogP contribution is -2.08. The van der Waals surface area contributed by atoms with Crippen LogP contribution in [0.4, 0.5) is 0 Å². The molecule has 0 aliphatic rings. The van der Waals surface area contributed by atoms with Gasteiger partial charge in [-0.3, -0.25) is 0 Å². The second kappa shape index (κ2) is 7.43. The molecule has 84 valence electrons. The molecule has 0 aliphatic heterocycles. The Bertz CT molecular complexity index is 246. The highest BCUT2D eigenvalue weighted by molar-refractivity contribution is 5.13. The van der Waals surface area contributed by atoms with E-state index in [1.54, 1.807) is 0 Å². The molecule has 0 aliphatic carbocycles. The van der Waals surface area contributed by atoms with E-state index in [1.165, 1.54) is 5.56 Å². The maximum Gasteiger partial charge on any atom is 0.0720 e. The number of ether oxygens (including phenoxy) is 1. The highest BCUT2D eigenvalue weighted by Crippen LogP contribution is 2.08. The van der Waals surface area contributed by atoms with Crippen LogP contribution >= 0.6 is 0 Å². The zero-order chi connectivity index (χ0) is 10.9. The Kier molecular flexibility index (Phi) is 6.05. The average molecular weight is 208 g/mol. The number of unbranched alkanes of at least 4 members (excludes halogenated alkanes) is 1. The minimum atomic E-state index is 0.275. The molecule has 1 N–H and O–H groups in total. The molecule has 0 saturated carbocycles. The number of hydrogen-bond donors (Lipinski definition) is 1. The molecule has 0 bridgehead atoms. The molecule has 0 aromatic heterocycles. The first-order valence-electron chi connectivity index (χ1n) is 5.59. The van der Waals surface area contributed by atoms with Crippen molar-refractivity contribution >= 4 is 0 Å². The summed E-state index contributed by atoms with van der Waals surface area (Å²) in [5, 5.41) is 8.65. The van der Waals surface area contributed by atoms with Crippen molar-refractivity contribution in [1.29, 1.82) is 0 Å². The lowest BCUT2D eigenvalue weighted by molar-refractivity contribution is 0.0452. The highest BCUT2D eigenvalue weighted by atomic mass is 16.5. The number of aliphatic hydroxyl groups excluding tert-OH is 1. The Balaban J connectivity index is 2.14. The smallest absolute Gasteiger partial charge is 0.0720 e. The Morgan fingerprint density at radius 3 is 2.60 bits per heavy atom. The van der Waals surface area contributed by atoms with Gasteiger partial charge in [0.15, 0.2) is 0 Å². The molecule has 15 heavy (non-hydrogen) atoms. The predicted molar refractivity (Wildman–Crippen MR) is 61.6 cm³/mol. The van der Waals surface area contributed by atoms with Crippen LogP contribution in [-0.2, 0) is 11.3 Å². The van der Waals surface area contributed by atoms with Gasteiger partial charge in [-0.05, 0) is 31.7 Å². The summed E-state index contributed by atoms with van der Waals surface area (Å²) >= 11 is 0. The minimum Gasteiger partial charge on any atom is -0.396 e. The van der Waals surface area contributed by atoms with Crippen molar-refractivity contribution in [2.24, 2.45) is 0 Å². The fourth-order valence-corrected chi connectivity index (χ4v) is 1.44. The molecular formula is C13H20O2. The fraction of sp³-hybridized carbons (Fsp3) is 0.538. The monoisotopic (exact) mass is 208 g/mol. The third-order valence-corrected chi connectivity index (χ3v) is 2.40. The quantitative estimate of drug-likeness (QED) is 0.698. The second-order valence-electron chi connectivity index (χ2n) is 3.83. The van der Waals surface area contributed by atoms with Crippen molar-refractivity contribution < 1.29 is 9.84 Å². The van der Waals surface area contributed by atoms with E-state index in [4.69, 9.17) is 9.84 Å². The van der Waals surface area contributed by atoms with E-state index in [0.29, 0.717) is 6.61 Å². The molecule has 0 saturated heterocycles. The SMILES string of the molecule is C[C@H](CCCCO)OCc1ccccc1. The summed E-state index contributed by atoms with van der Waals surface area (Å²) in [7, 11) is 0. The van der Waals surface area contributed by atoms with Gasteiger partial charge in [-0.2, -0.15) is 0 Å². The molecule has 0 spiro atoms. The molecule has 1 rings (SSSR count). The summed E-state index contributed by atoms with van der Waals surface area (Å²) in [4.78, 5) is 0. The minimum absolute atomic E-state index is 0.275. The summed E-state index contributed by atoms with van der Waals surface area (Å²) in [5.41, 5.74) is 1.21. The molecule has 0 amide bonds. The third kappa shape index (κ3) is 5.55. The molecule has 1 aromatic carbocycles. The number of hydrogen-bond acceptors (Lipinski definition) is 2. The van der Waals surface area contributed by atoms with Crippen LogP contribution in [0.15, 0.2) is 30.3 Å². The van der Waals surface area contributed by atoms with Crippen LogP contribution in [0.5, 0.6) is 0 Å². The summed E-state index contributed by atoms with van der Waals surface area (Å²) in [6.45, 7) is 3.05. The molecule has 0 fully saturated rings. The third-order valence-electron chi connectivity index (χ3n) is 2.40. The van der Waals surface area contributed by atoms with E-state index < -0.39 is 0 Å². The zero-order valence-electron chi connectivity index (χ0n) is 9.36. The molecule has 0 radical (unpaired) electrons. The second-order valence-corrected chi connectivity index (χ2v) is 3.83. The van der Waals surface area contributed by atoms with Crippen LogP contribution < -0.4 is 0 Å². The van der Waals surface area contributed by atoms with Crippen LogP contribution in [0.1, 0.15) is 31.7 Å². The first kappa shape index (κ1) is 12.2. The van der Waals surface area contributed by atoms with Crippen molar-refractivity contribution in [3.63, 3.8) is 0 Å². The first-order valence-corrected chi connectivity index (χ1v) is 5.59. The van der Waals surface area contributed by atoms with Crippen LogP contribution in [0.2, 0.25) is 0 Å². The van der Waals surface area contributed by atoms with Gasteiger partial charge in [0.1, 0.15) is 0 Å². The van der Waals surface area contributed by atoms with E-state index in [0.717, 1.165) is 19.3 Å². The van der Waals surface area contributed by atoms with E-state index >= 15 is 0 Å². The number of benzene rings is 1. The fourth-order valence-electron chi connectivity index (χ4n) is 1.44. The van der Waals surface area contributed by atoms with Crippen LogP contribution in [-0.4, -0.2) is 17.8 Å². The highest BCUT2D eigenvalue weighted by Gasteiger charge is 2.01. The van der Waals surface area contributed by atoms with Gasteiger partial charge in [0.05, 0.1) is 12.7 Å². The van der Waals surface area contributed by atoms with Gasteiger partial charge in [0, 0.05) is 6.61 Å². The lowest BCUT2D eigenvalue weighted by Gasteiger charge is -2.12. The summed E-state index contributed by atoms with van der Waals surface area (Å²) in [6.07, 6.45) is 3.20. The maximum absolute atomic E-state index is 8.65. The van der Waals surface area contributed by atoms with Crippen LogP contribution in [0.25, 0.3) is 0 Å². The standard InChI is InChI=1S/C13H20O2/c1-12(7-5-6-10-14)15-11-13-8-3-2-4-9-13/h2-4,8-9,12,14H,5-7,10-11H2,1H3/t12-/m1/s1. The zero-order valence-corrected chi connectivity index (χ0v) is 9.36. The number of rotatable bonds is 7. The van der Waals surface area contributed by atoms with Gasteiger partial charge in [-0.1, -0.05) is 30.3 Å². The Hall–Kier alpha value is -0.860. The van der Waals surface area contributed by atoms with Gasteiger partial charge in [0.2, 0.25) is 0 Å². The van der Waals surface area contributed by atoms with E-state index in [-0.39, 0.29) is 12.7 Å². The van der Waals surface area contributed by atoms with Gasteiger partial charge in [0.25, 0.3) is 0 Å². The van der Waals surface area contributed by atoms with Gasteiger partial charge in [-0.25, -0.2) is 0 Å². The molecule has 0 unspecified atom stereocenters. The Labute approximate surface area is 91.9 Å². The van der Waals surface area contributed by atoms with E-state index in [9.17, 15) is 0 Å². The van der Waals surface area contributed by atoms with Gasteiger partial charge >= 0.3 is 0 Å². The normalized spacial score (nSPS) is 12.7. The molecule has 1 atom stereocenters. The van der Waals surface area contributed by atoms with Crippen LogP contribution in [0.3, 0.4) is 0 Å². The topological polar surface area (TPSA) is 29.5 Å². The maximum atomic E-state index is 8.65. The summed E-state index contributed by atoms with van der Waals surface area (Å²) in [5.74, 6) is 0. The van der Waals surface area contributed by atoms with Gasteiger partial charge in [-0.15, -0.1) is 0 Å². The summed E-state index contributed by atoms with van der Waals surface area (Å²) in [6, 6.07) is 10.2. The predicted octanol–water partition coefficient (Wildman–Crippen LogP) is 2.75. The number of aliphatic hydroxyl groups is 1. The van der Waals surface area contributed by atoms with Crippen molar-refractivity contribution in [2.75, 3.05) is 6.61 Å².